The number of rotatable bonds is 3. The molecule has 0 aromatic heterocycles. The summed E-state index contributed by atoms with van der Waals surface area (Å²) in [5, 5.41) is 16.0. The van der Waals surface area contributed by atoms with Crippen molar-refractivity contribution in [3.05, 3.63) is 157 Å². The predicted octanol–water partition coefficient (Wildman–Crippen LogP) is 15.1. The molecule has 0 saturated carbocycles. The Morgan fingerprint density at radius 3 is 0.904 bits per heavy atom. The minimum absolute atomic E-state index is 0.109. The Morgan fingerprint density at radius 1 is 0.269 bits per heavy atom. The molecule has 0 atom stereocenters. The molecule has 250 valence electrons. The van der Waals surface area contributed by atoms with Gasteiger partial charge in [0.2, 0.25) is 0 Å². The van der Waals surface area contributed by atoms with Gasteiger partial charge in [0.05, 0.1) is 0 Å². The van der Waals surface area contributed by atoms with Crippen molar-refractivity contribution in [2.24, 2.45) is 0 Å². The first kappa shape index (κ1) is 31.1. The van der Waals surface area contributed by atoms with Crippen molar-refractivity contribution >= 4 is 64.6 Å². The van der Waals surface area contributed by atoms with Crippen LogP contribution in [0.2, 0.25) is 0 Å². The first-order valence-corrected chi connectivity index (χ1v) is 18.7. The van der Waals surface area contributed by atoms with Crippen molar-refractivity contribution in [2.45, 2.75) is 52.4 Å². The number of hydrogen-bond donors (Lipinski definition) is 0. The second-order valence-corrected chi connectivity index (χ2v) is 17.0. The van der Waals surface area contributed by atoms with Gasteiger partial charge in [-0.15, -0.1) is 0 Å². The summed E-state index contributed by atoms with van der Waals surface area (Å²) in [7, 11) is 0. The van der Waals surface area contributed by atoms with Crippen LogP contribution in [0.5, 0.6) is 0 Å². The van der Waals surface area contributed by atoms with Gasteiger partial charge in [0.1, 0.15) is 0 Å². The second kappa shape index (κ2) is 10.9. The maximum Gasteiger partial charge on any atom is -0.00206 e. The fraction of sp³-hybridized carbons (Fsp3) is 0.154. The quantitative estimate of drug-likeness (QED) is 0.165. The van der Waals surface area contributed by atoms with E-state index in [0.29, 0.717) is 0 Å². The van der Waals surface area contributed by atoms with Crippen LogP contribution in [-0.2, 0) is 10.8 Å². The van der Waals surface area contributed by atoms with Gasteiger partial charge in [-0.05, 0) is 120 Å². The monoisotopic (exact) mass is 666 g/mol. The molecule has 0 bridgehead atoms. The van der Waals surface area contributed by atoms with Crippen LogP contribution in [-0.4, -0.2) is 0 Å². The van der Waals surface area contributed by atoms with E-state index in [2.05, 4.69) is 187 Å². The van der Waals surface area contributed by atoms with E-state index >= 15 is 0 Å². The van der Waals surface area contributed by atoms with Gasteiger partial charge in [-0.1, -0.05) is 187 Å². The average Bonchev–Trinajstić information content (AvgIpc) is 3.15. The lowest BCUT2D eigenvalue weighted by molar-refractivity contribution is 0.591. The number of hydrogen-bond acceptors (Lipinski definition) is 0. The summed E-state index contributed by atoms with van der Waals surface area (Å²) >= 11 is 0. The fourth-order valence-electron chi connectivity index (χ4n) is 8.69. The third kappa shape index (κ3) is 4.74. The van der Waals surface area contributed by atoms with E-state index < -0.39 is 0 Å². The average molecular weight is 667 g/mol. The molecule has 0 unspecified atom stereocenters. The molecule has 0 radical (unpaired) electrons. The Kier molecular flexibility index (Phi) is 6.50. The van der Waals surface area contributed by atoms with E-state index in [1.54, 1.807) is 0 Å². The number of benzene rings is 10. The SMILES string of the molecule is CC(C)(C)c1cc2ccc3ccc(-c4ccc(-c5ccc(-c6ccc7ccc8cc(C(C)(C)C)cc9ccc6c7c89)cc5)cc4)c4ccc(c1)c2c34. The summed E-state index contributed by atoms with van der Waals surface area (Å²) < 4.78 is 0. The molecular weight excluding hydrogens is 625 g/mol. The standard InChI is InChI=1S/C52H42/c1-51(2,3)41-27-37-17-15-35-19-23-43(45-25-21-39(29-41)47(37)49(35)45)33-11-7-31(8-12-33)32-9-13-34(14-10-32)44-24-20-36-16-18-38-28-42(52(4,5)6)30-40-22-26-46(44)50(36)48(38)40/h7-30H,1-6H3. The summed E-state index contributed by atoms with van der Waals surface area (Å²) in [5.74, 6) is 0. The van der Waals surface area contributed by atoms with Gasteiger partial charge in [-0.3, -0.25) is 0 Å². The molecule has 0 fully saturated rings. The normalized spacial score (nSPS) is 12.8. The lowest BCUT2D eigenvalue weighted by Gasteiger charge is -2.22. The van der Waals surface area contributed by atoms with E-state index in [4.69, 9.17) is 0 Å². The fourth-order valence-corrected chi connectivity index (χ4v) is 8.69. The van der Waals surface area contributed by atoms with Gasteiger partial charge in [-0.2, -0.15) is 0 Å². The van der Waals surface area contributed by atoms with Gasteiger partial charge >= 0.3 is 0 Å². The summed E-state index contributed by atoms with van der Waals surface area (Å²) in [6.07, 6.45) is 0. The molecule has 0 nitrogen and oxygen atoms in total. The van der Waals surface area contributed by atoms with Crippen LogP contribution < -0.4 is 0 Å². The molecule has 0 spiro atoms. The molecule has 10 aromatic carbocycles. The highest BCUT2D eigenvalue weighted by molar-refractivity contribution is 6.27. The van der Waals surface area contributed by atoms with E-state index in [0.717, 1.165) is 0 Å². The van der Waals surface area contributed by atoms with Crippen LogP contribution in [0.15, 0.2) is 146 Å². The zero-order valence-corrected chi connectivity index (χ0v) is 30.9. The minimum atomic E-state index is 0.109. The van der Waals surface area contributed by atoms with Gasteiger partial charge in [-0.25, -0.2) is 0 Å². The summed E-state index contributed by atoms with van der Waals surface area (Å²) in [6.45, 7) is 13.8. The van der Waals surface area contributed by atoms with E-state index in [1.165, 1.54) is 109 Å². The Balaban J connectivity index is 1.00. The topological polar surface area (TPSA) is 0 Å². The van der Waals surface area contributed by atoms with Gasteiger partial charge < -0.3 is 0 Å². The molecule has 0 heterocycles. The summed E-state index contributed by atoms with van der Waals surface area (Å²) in [6, 6.07) is 55.5. The van der Waals surface area contributed by atoms with Crippen LogP contribution in [0.3, 0.4) is 0 Å². The van der Waals surface area contributed by atoms with Crippen molar-refractivity contribution < 1.29 is 0 Å². The Labute approximate surface area is 306 Å². The van der Waals surface area contributed by atoms with Gasteiger partial charge in [0.15, 0.2) is 0 Å². The lowest BCUT2D eigenvalue weighted by Crippen LogP contribution is -2.10. The Morgan fingerprint density at radius 2 is 0.558 bits per heavy atom. The van der Waals surface area contributed by atoms with Crippen LogP contribution in [0.1, 0.15) is 52.7 Å². The molecule has 10 aromatic rings. The molecule has 0 amide bonds. The molecule has 0 aliphatic heterocycles. The smallest absolute Gasteiger partial charge is 0.00206 e. The second-order valence-electron chi connectivity index (χ2n) is 17.0. The molecule has 52 heavy (non-hydrogen) atoms. The van der Waals surface area contributed by atoms with Crippen LogP contribution in [0.4, 0.5) is 0 Å². The molecule has 0 aliphatic rings. The van der Waals surface area contributed by atoms with Crippen molar-refractivity contribution in [1.82, 2.24) is 0 Å². The molecule has 0 heteroatoms. The highest BCUT2D eigenvalue weighted by atomic mass is 14.2. The van der Waals surface area contributed by atoms with Gasteiger partial charge in [0, 0.05) is 0 Å². The molecule has 0 saturated heterocycles. The molecule has 0 N–H and O–H groups in total. The minimum Gasteiger partial charge on any atom is -0.0561 e. The Bertz CT molecular complexity index is 2730. The van der Waals surface area contributed by atoms with E-state index in [-0.39, 0.29) is 10.8 Å². The van der Waals surface area contributed by atoms with Crippen molar-refractivity contribution in [2.75, 3.05) is 0 Å². The lowest BCUT2D eigenvalue weighted by atomic mass is 9.82. The highest BCUT2D eigenvalue weighted by Crippen LogP contribution is 2.43. The molecule has 0 aliphatic carbocycles. The molecular formula is C52H42. The maximum atomic E-state index is 2.39. The predicted molar refractivity (Wildman–Crippen MR) is 228 cm³/mol. The largest absolute Gasteiger partial charge is 0.0561 e. The summed E-state index contributed by atoms with van der Waals surface area (Å²) in [5.41, 5.74) is 10.5. The summed E-state index contributed by atoms with van der Waals surface area (Å²) in [4.78, 5) is 0. The highest BCUT2D eigenvalue weighted by Gasteiger charge is 2.20. The third-order valence-corrected chi connectivity index (χ3v) is 11.7. The van der Waals surface area contributed by atoms with E-state index in [1.807, 2.05) is 0 Å². The zero-order chi connectivity index (χ0) is 35.5. The first-order valence-electron chi connectivity index (χ1n) is 18.7. The van der Waals surface area contributed by atoms with Crippen LogP contribution in [0.25, 0.3) is 98.0 Å². The first-order chi connectivity index (χ1) is 25.0. The maximum absolute atomic E-state index is 2.39. The molecule has 10 rings (SSSR count). The van der Waals surface area contributed by atoms with Crippen LogP contribution >= 0.6 is 0 Å². The third-order valence-electron chi connectivity index (χ3n) is 11.7. The van der Waals surface area contributed by atoms with E-state index in [9.17, 15) is 0 Å². The Hall–Kier alpha value is -5.72. The van der Waals surface area contributed by atoms with Gasteiger partial charge in [0.25, 0.3) is 0 Å². The van der Waals surface area contributed by atoms with Crippen molar-refractivity contribution in [3.8, 4) is 33.4 Å². The van der Waals surface area contributed by atoms with Crippen molar-refractivity contribution in [1.29, 1.82) is 0 Å². The van der Waals surface area contributed by atoms with Crippen LogP contribution in [0, 0.1) is 0 Å². The van der Waals surface area contributed by atoms with Crippen molar-refractivity contribution in [3.63, 3.8) is 0 Å². The zero-order valence-electron chi connectivity index (χ0n) is 30.9.